The summed E-state index contributed by atoms with van der Waals surface area (Å²) in [5.74, 6) is -1.29. The van der Waals surface area contributed by atoms with Gasteiger partial charge in [-0.1, -0.05) is 13.2 Å². The average molecular weight is 376 g/mol. The van der Waals surface area contributed by atoms with Crippen LogP contribution < -0.4 is 0 Å². The molecule has 3 atom stereocenters. The summed E-state index contributed by atoms with van der Waals surface area (Å²) in [5, 5.41) is 27.2. The number of hydrogen-bond acceptors (Lipinski definition) is 9. The molecule has 0 spiro atoms. The van der Waals surface area contributed by atoms with E-state index in [0.717, 1.165) is 0 Å². The molecule has 0 aromatic carbocycles. The highest BCUT2D eigenvalue weighted by molar-refractivity contribution is 5.87. The van der Waals surface area contributed by atoms with Gasteiger partial charge in [0.25, 0.3) is 0 Å². The van der Waals surface area contributed by atoms with E-state index in [1.54, 1.807) is 0 Å². The number of hydrogen-bond donors (Lipinski definition) is 3. The zero-order valence-electron chi connectivity index (χ0n) is 15.2. The third-order valence-electron chi connectivity index (χ3n) is 2.88. The molecule has 0 saturated heterocycles. The Morgan fingerprint density at radius 1 is 0.808 bits per heavy atom. The van der Waals surface area contributed by atoms with Crippen molar-refractivity contribution in [2.45, 2.75) is 32.2 Å². The van der Waals surface area contributed by atoms with E-state index < -0.39 is 43.5 Å². The fourth-order valence-corrected chi connectivity index (χ4v) is 1.46. The van der Waals surface area contributed by atoms with Crippen LogP contribution in [0, 0.1) is 0 Å². The van der Waals surface area contributed by atoms with Gasteiger partial charge in [0.05, 0.1) is 39.6 Å². The highest BCUT2D eigenvalue weighted by atomic mass is 16.6. The van der Waals surface area contributed by atoms with E-state index in [4.69, 9.17) is 24.1 Å². The normalized spacial score (nSPS) is 14.2. The molecule has 0 bridgehead atoms. The van der Waals surface area contributed by atoms with Crippen LogP contribution in [0.4, 0.5) is 0 Å². The minimum Gasteiger partial charge on any atom is -0.454 e. The SMILES string of the molecule is C=C(C)C(=O)OC(CO)COCC(COCC(O)CO)OC(=O)C(=C)C. The van der Waals surface area contributed by atoms with Gasteiger partial charge in [-0.05, 0) is 13.8 Å². The lowest BCUT2D eigenvalue weighted by Gasteiger charge is -2.21. The molecule has 0 aliphatic rings. The summed E-state index contributed by atoms with van der Waals surface area (Å²) in [4.78, 5) is 23.1. The van der Waals surface area contributed by atoms with Gasteiger partial charge in [-0.2, -0.15) is 0 Å². The molecule has 0 saturated carbocycles. The molecule has 0 fully saturated rings. The van der Waals surface area contributed by atoms with E-state index in [2.05, 4.69) is 13.2 Å². The lowest BCUT2D eigenvalue weighted by atomic mass is 10.3. The summed E-state index contributed by atoms with van der Waals surface area (Å²) in [7, 11) is 0. The first-order chi connectivity index (χ1) is 12.2. The van der Waals surface area contributed by atoms with E-state index in [1.807, 2.05) is 0 Å². The molecule has 0 aromatic rings. The fraction of sp³-hybridized carbons (Fsp3) is 0.647. The van der Waals surface area contributed by atoms with Crippen LogP contribution in [-0.4, -0.2) is 85.2 Å². The maximum Gasteiger partial charge on any atom is 0.333 e. The Morgan fingerprint density at radius 2 is 1.23 bits per heavy atom. The van der Waals surface area contributed by atoms with Crippen molar-refractivity contribution in [3.63, 3.8) is 0 Å². The minimum absolute atomic E-state index is 0.0918. The summed E-state index contributed by atoms with van der Waals surface area (Å²) in [6.45, 7) is 8.49. The highest BCUT2D eigenvalue weighted by Crippen LogP contribution is 2.04. The van der Waals surface area contributed by atoms with E-state index in [-0.39, 0.29) is 37.6 Å². The van der Waals surface area contributed by atoms with Crippen molar-refractivity contribution in [1.29, 1.82) is 0 Å². The Bertz CT molecular complexity index is 475. The average Bonchev–Trinajstić information content (AvgIpc) is 2.59. The van der Waals surface area contributed by atoms with E-state index in [1.165, 1.54) is 13.8 Å². The van der Waals surface area contributed by atoms with Gasteiger partial charge in [0, 0.05) is 11.1 Å². The fourth-order valence-electron chi connectivity index (χ4n) is 1.46. The summed E-state index contributed by atoms with van der Waals surface area (Å²) >= 11 is 0. The summed E-state index contributed by atoms with van der Waals surface area (Å²) in [6, 6.07) is 0. The number of aliphatic hydroxyl groups is 3. The smallest absolute Gasteiger partial charge is 0.333 e. The quantitative estimate of drug-likeness (QED) is 0.267. The monoisotopic (exact) mass is 376 g/mol. The molecule has 26 heavy (non-hydrogen) atoms. The van der Waals surface area contributed by atoms with Crippen molar-refractivity contribution < 1.29 is 43.9 Å². The molecule has 0 aliphatic heterocycles. The van der Waals surface area contributed by atoms with Crippen LogP contribution >= 0.6 is 0 Å². The summed E-state index contributed by atoms with van der Waals surface area (Å²) in [6.07, 6.45) is -2.76. The zero-order chi connectivity index (χ0) is 20.1. The van der Waals surface area contributed by atoms with E-state index in [9.17, 15) is 19.8 Å². The number of rotatable bonds is 14. The molecular formula is C17H28O9. The maximum atomic E-state index is 11.6. The number of carbonyl (C=O) groups excluding carboxylic acids is 2. The first kappa shape index (κ1) is 24.2. The Kier molecular flexibility index (Phi) is 12.5. The third-order valence-corrected chi connectivity index (χ3v) is 2.88. The van der Waals surface area contributed by atoms with Gasteiger partial charge < -0.3 is 34.3 Å². The Morgan fingerprint density at radius 3 is 1.65 bits per heavy atom. The van der Waals surface area contributed by atoms with Crippen LogP contribution in [0.1, 0.15) is 13.8 Å². The standard InChI is InChI=1S/C17H28O9/c1-11(2)16(21)25-14(6-19)8-24-10-15(26-17(22)12(3)4)9-23-7-13(20)5-18/h13-15,18-20H,1,3,5-10H2,2,4H3. The molecule has 0 radical (unpaired) electrons. The molecule has 0 amide bonds. The largest absolute Gasteiger partial charge is 0.454 e. The summed E-state index contributed by atoms with van der Waals surface area (Å²) < 4.78 is 20.6. The van der Waals surface area contributed by atoms with Gasteiger partial charge in [-0.25, -0.2) is 9.59 Å². The maximum absolute atomic E-state index is 11.6. The van der Waals surface area contributed by atoms with E-state index >= 15 is 0 Å². The second-order valence-electron chi connectivity index (χ2n) is 5.71. The van der Waals surface area contributed by atoms with Gasteiger partial charge in [0.15, 0.2) is 0 Å². The van der Waals surface area contributed by atoms with Crippen LogP contribution in [-0.2, 0) is 28.5 Å². The summed E-state index contributed by atoms with van der Waals surface area (Å²) in [5.41, 5.74) is 0.376. The minimum atomic E-state index is -1.05. The van der Waals surface area contributed by atoms with Crippen molar-refractivity contribution in [3.8, 4) is 0 Å². The van der Waals surface area contributed by atoms with Crippen molar-refractivity contribution >= 4 is 11.9 Å². The van der Waals surface area contributed by atoms with Crippen LogP contribution in [0.25, 0.3) is 0 Å². The van der Waals surface area contributed by atoms with Crippen LogP contribution in [0.15, 0.2) is 24.3 Å². The van der Waals surface area contributed by atoms with Crippen molar-refractivity contribution in [1.82, 2.24) is 0 Å². The lowest BCUT2D eigenvalue weighted by Crippen LogP contribution is -2.33. The topological polar surface area (TPSA) is 132 Å². The number of aliphatic hydroxyl groups excluding tert-OH is 3. The molecule has 3 N–H and O–H groups in total. The van der Waals surface area contributed by atoms with Crippen molar-refractivity contribution in [3.05, 3.63) is 24.3 Å². The van der Waals surface area contributed by atoms with Crippen molar-refractivity contribution in [2.75, 3.05) is 39.6 Å². The lowest BCUT2D eigenvalue weighted by molar-refractivity contribution is -0.157. The first-order valence-corrected chi connectivity index (χ1v) is 7.99. The van der Waals surface area contributed by atoms with Crippen LogP contribution in [0.5, 0.6) is 0 Å². The number of carbonyl (C=O) groups is 2. The molecule has 150 valence electrons. The molecule has 3 unspecified atom stereocenters. The predicted octanol–water partition coefficient (Wildman–Crippen LogP) is -0.659. The van der Waals surface area contributed by atoms with Gasteiger partial charge in [-0.3, -0.25) is 0 Å². The van der Waals surface area contributed by atoms with Gasteiger partial charge in [0.2, 0.25) is 0 Å². The molecule has 0 heterocycles. The Hall–Kier alpha value is -1.78. The molecular weight excluding hydrogens is 348 g/mol. The van der Waals surface area contributed by atoms with E-state index in [0.29, 0.717) is 0 Å². The Balaban J connectivity index is 4.49. The predicted molar refractivity (Wildman–Crippen MR) is 91.2 cm³/mol. The van der Waals surface area contributed by atoms with Gasteiger partial charge in [0.1, 0.15) is 18.3 Å². The molecule has 0 rings (SSSR count). The van der Waals surface area contributed by atoms with Gasteiger partial charge >= 0.3 is 11.9 Å². The highest BCUT2D eigenvalue weighted by Gasteiger charge is 2.19. The molecule has 0 aromatic heterocycles. The van der Waals surface area contributed by atoms with Crippen molar-refractivity contribution in [2.24, 2.45) is 0 Å². The second kappa shape index (κ2) is 13.4. The third kappa shape index (κ3) is 11.0. The molecule has 9 heteroatoms. The first-order valence-electron chi connectivity index (χ1n) is 7.99. The van der Waals surface area contributed by atoms with Crippen LogP contribution in [0.2, 0.25) is 0 Å². The number of ether oxygens (including phenoxy) is 4. The molecule has 9 nitrogen and oxygen atoms in total. The Labute approximate surface area is 152 Å². The van der Waals surface area contributed by atoms with Crippen LogP contribution in [0.3, 0.4) is 0 Å². The zero-order valence-corrected chi connectivity index (χ0v) is 15.2. The molecule has 0 aliphatic carbocycles. The second-order valence-corrected chi connectivity index (χ2v) is 5.71. The number of esters is 2. The van der Waals surface area contributed by atoms with Gasteiger partial charge in [-0.15, -0.1) is 0 Å².